The first kappa shape index (κ1) is 47.3. The minimum absolute atomic E-state index is 0.145. The Balaban J connectivity index is 1.31. The van der Waals surface area contributed by atoms with Gasteiger partial charge in [0.05, 0.1) is 0 Å². The molecule has 6 nitrogen and oxygen atoms in total. The van der Waals surface area contributed by atoms with Crippen LogP contribution in [0.15, 0.2) is 18.2 Å². The number of carbonyl (C=O) groups is 3. The van der Waals surface area contributed by atoms with Crippen LogP contribution in [0.5, 0.6) is 0 Å². The zero-order valence-electron chi connectivity index (χ0n) is 37.3. The number of hydrogen-bond donors (Lipinski definition) is 3. The summed E-state index contributed by atoms with van der Waals surface area (Å²) in [5.41, 5.74) is 1.27. The van der Waals surface area contributed by atoms with Crippen molar-refractivity contribution in [3.63, 3.8) is 0 Å². The Labute approximate surface area is 350 Å². The van der Waals surface area contributed by atoms with E-state index in [1.165, 1.54) is 173 Å². The second-order valence-electron chi connectivity index (χ2n) is 19.0. The topological polar surface area (TPSA) is 87.3 Å². The average Bonchev–Trinajstić information content (AvgIpc) is 3.23. The number of amides is 3. The molecule has 3 N–H and O–H groups in total. The maximum atomic E-state index is 13.8. The Morgan fingerprint density at radius 3 is 0.842 bits per heavy atom. The molecular weight excluding hydrogens is 703 g/mol. The van der Waals surface area contributed by atoms with Crippen molar-refractivity contribution in [2.24, 2.45) is 17.8 Å². The summed E-state index contributed by atoms with van der Waals surface area (Å²) in [6.07, 6.45) is 41.1. The first-order chi connectivity index (χ1) is 27.9. The van der Waals surface area contributed by atoms with Crippen molar-refractivity contribution in [1.29, 1.82) is 0 Å². The highest BCUT2D eigenvalue weighted by atomic mass is 16.2. The molecule has 1 aromatic carbocycles. The molecule has 3 amide bonds. The minimum Gasteiger partial charge on any atom is -0.349 e. The largest absolute Gasteiger partial charge is 0.349 e. The van der Waals surface area contributed by atoms with E-state index in [0.29, 0.717) is 16.7 Å². The fourth-order valence-corrected chi connectivity index (χ4v) is 10.3. The van der Waals surface area contributed by atoms with Crippen LogP contribution in [-0.4, -0.2) is 35.8 Å². The molecule has 0 spiro atoms. The van der Waals surface area contributed by atoms with Crippen molar-refractivity contribution < 1.29 is 14.4 Å². The van der Waals surface area contributed by atoms with Crippen LogP contribution in [0.25, 0.3) is 0 Å². The first-order valence-electron chi connectivity index (χ1n) is 25.0. The van der Waals surface area contributed by atoms with Crippen LogP contribution in [0, 0.1) is 17.8 Å². The molecule has 3 aliphatic rings. The molecule has 6 heteroatoms. The monoisotopic (exact) mass is 790 g/mol. The molecule has 0 heterocycles. The fraction of sp³-hybridized carbons (Fsp3) is 0.824. The summed E-state index contributed by atoms with van der Waals surface area (Å²) in [7, 11) is 0. The van der Waals surface area contributed by atoms with E-state index >= 15 is 0 Å². The van der Waals surface area contributed by atoms with Crippen molar-refractivity contribution in [3.8, 4) is 0 Å². The maximum Gasteiger partial charge on any atom is 0.251 e. The van der Waals surface area contributed by atoms with Gasteiger partial charge in [0.1, 0.15) is 0 Å². The third-order valence-electron chi connectivity index (χ3n) is 14.2. The van der Waals surface area contributed by atoms with Crippen LogP contribution in [0.1, 0.15) is 264 Å². The third-order valence-corrected chi connectivity index (χ3v) is 14.2. The Kier molecular flexibility index (Phi) is 23.4. The van der Waals surface area contributed by atoms with E-state index in [1.54, 1.807) is 18.2 Å². The molecule has 3 aliphatic carbocycles. The smallest absolute Gasteiger partial charge is 0.251 e. The van der Waals surface area contributed by atoms with Gasteiger partial charge in [0.2, 0.25) is 0 Å². The highest BCUT2D eigenvalue weighted by Gasteiger charge is 2.27. The molecule has 0 unspecified atom stereocenters. The second kappa shape index (κ2) is 28.2. The van der Waals surface area contributed by atoms with Gasteiger partial charge in [-0.3, -0.25) is 14.4 Å². The zero-order chi connectivity index (χ0) is 40.5. The van der Waals surface area contributed by atoms with Crippen LogP contribution in [-0.2, 0) is 0 Å². The molecule has 0 bridgehead atoms. The molecule has 3 saturated carbocycles. The van der Waals surface area contributed by atoms with Crippen molar-refractivity contribution in [1.82, 2.24) is 16.0 Å². The van der Waals surface area contributed by atoms with E-state index in [0.717, 1.165) is 56.3 Å². The maximum absolute atomic E-state index is 13.8. The summed E-state index contributed by atoms with van der Waals surface area (Å²) in [6, 6.07) is 5.61. The van der Waals surface area contributed by atoms with Crippen molar-refractivity contribution >= 4 is 17.7 Å². The lowest BCUT2D eigenvalue weighted by Crippen LogP contribution is -2.40. The minimum atomic E-state index is -0.163. The van der Waals surface area contributed by atoms with Gasteiger partial charge >= 0.3 is 0 Å². The standard InChI is InChI=1S/C51H87N3O3/c1-4-7-10-13-16-19-22-40-25-31-46(32-26-40)52-49(55)43-37-44(50(56)53-47-33-27-41(28-34-47)23-20-17-14-11-8-5-2)39-45(38-43)51(57)54-48-35-29-42(30-36-48)24-21-18-15-12-9-6-3/h37-42,46-48H,4-36H2,1-3H3,(H,52,55)(H,53,56)(H,54,57). The van der Waals surface area contributed by atoms with Crippen LogP contribution in [0.4, 0.5) is 0 Å². The van der Waals surface area contributed by atoms with Gasteiger partial charge in [0, 0.05) is 34.8 Å². The normalized spacial score (nSPS) is 23.8. The van der Waals surface area contributed by atoms with Crippen molar-refractivity contribution in [2.45, 2.75) is 251 Å². The Bertz CT molecular complexity index is 1090. The van der Waals surface area contributed by atoms with Gasteiger partial charge in [-0.1, -0.05) is 156 Å². The predicted octanol–water partition coefficient (Wildman–Crippen LogP) is 13.8. The summed E-state index contributed by atoms with van der Waals surface area (Å²) in [5.74, 6) is 1.81. The van der Waals surface area contributed by atoms with Crippen molar-refractivity contribution in [2.75, 3.05) is 0 Å². The number of hydrogen-bond acceptors (Lipinski definition) is 3. The highest BCUT2D eigenvalue weighted by Crippen LogP contribution is 2.32. The molecule has 0 aromatic heterocycles. The Hall–Kier alpha value is -2.37. The van der Waals surface area contributed by atoms with Gasteiger partial charge in [0.15, 0.2) is 0 Å². The van der Waals surface area contributed by atoms with E-state index in [2.05, 4.69) is 36.7 Å². The molecule has 3 fully saturated rings. The van der Waals surface area contributed by atoms with E-state index in [9.17, 15) is 14.4 Å². The fourth-order valence-electron chi connectivity index (χ4n) is 10.3. The van der Waals surface area contributed by atoms with Gasteiger partial charge < -0.3 is 16.0 Å². The number of unbranched alkanes of at least 4 members (excludes halogenated alkanes) is 15. The molecule has 1 aromatic rings. The van der Waals surface area contributed by atoms with Crippen LogP contribution in [0.2, 0.25) is 0 Å². The summed E-state index contributed by atoms with van der Waals surface area (Å²) >= 11 is 0. The van der Waals surface area contributed by atoms with Gasteiger partial charge in [0.25, 0.3) is 17.7 Å². The molecule has 0 atom stereocenters. The average molecular weight is 790 g/mol. The third kappa shape index (κ3) is 18.6. The van der Waals surface area contributed by atoms with E-state index < -0.39 is 0 Å². The summed E-state index contributed by atoms with van der Waals surface area (Å²) < 4.78 is 0. The molecule has 57 heavy (non-hydrogen) atoms. The van der Waals surface area contributed by atoms with Gasteiger partial charge in [-0.25, -0.2) is 0 Å². The van der Waals surface area contributed by atoms with Crippen molar-refractivity contribution in [3.05, 3.63) is 34.9 Å². The molecule has 0 saturated heterocycles. The SMILES string of the molecule is CCCCCCCCC1CCC(NC(=O)c2cc(C(=O)NC3CCC(CCCCCCCC)CC3)cc(C(=O)NC3CCC(CCCCCCCC)CC3)c2)CC1. The van der Waals surface area contributed by atoms with Gasteiger partial charge in [-0.15, -0.1) is 0 Å². The Morgan fingerprint density at radius 2 is 0.596 bits per heavy atom. The summed E-state index contributed by atoms with van der Waals surface area (Å²) in [5, 5.41) is 9.93. The summed E-state index contributed by atoms with van der Waals surface area (Å²) in [4.78, 5) is 41.5. The molecule has 324 valence electrons. The molecular formula is C51H87N3O3. The van der Waals surface area contributed by atoms with E-state index in [1.807, 2.05) is 0 Å². The van der Waals surface area contributed by atoms with E-state index in [4.69, 9.17) is 0 Å². The first-order valence-corrected chi connectivity index (χ1v) is 25.0. The molecule has 4 rings (SSSR count). The summed E-state index contributed by atoms with van der Waals surface area (Å²) in [6.45, 7) is 6.81. The van der Waals surface area contributed by atoms with Gasteiger partial charge in [-0.05, 0) is 113 Å². The van der Waals surface area contributed by atoms with Crippen LogP contribution in [0.3, 0.4) is 0 Å². The lowest BCUT2D eigenvalue weighted by molar-refractivity contribution is 0.0920. The number of rotatable bonds is 27. The predicted molar refractivity (Wildman–Crippen MR) is 240 cm³/mol. The Morgan fingerprint density at radius 1 is 0.368 bits per heavy atom. The highest BCUT2D eigenvalue weighted by molar-refractivity contribution is 6.04. The molecule has 0 aliphatic heterocycles. The second-order valence-corrected chi connectivity index (χ2v) is 19.0. The number of nitrogens with one attached hydrogen (secondary N) is 3. The quantitative estimate of drug-likeness (QED) is 0.0776. The lowest BCUT2D eigenvalue weighted by Gasteiger charge is -2.30. The number of benzene rings is 1. The molecule has 0 radical (unpaired) electrons. The van der Waals surface area contributed by atoms with Crippen LogP contribution < -0.4 is 16.0 Å². The lowest BCUT2D eigenvalue weighted by atomic mass is 9.82. The van der Waals surface area contributed by atoms with Gasteiger partial charge in [-0.2, -0.15) is 0 Å². The zero-order valence-corrected chi connectivity index (χ0v) is 37.3. The van der Waals surface area contributed by atoms with E-state index in [-0.39, 0.29) is 35.8 Å². The number of carbonyl (C=O) groups excluding carboxylic acids is 3. The van der Waals surface area contributed by atoms with Crippen LogP contribution >= 0.6 is 0 Å².